The molecule has 1 aliphatic rings. The van der Waals surface area contributed by atoms with Crippen molar-refractivity contribution in [3.05, 3.63) is 120 Å². The van der Waals surface area contributed by atoms with Crippen molar-refractivity contribution in [2.45, 2.75) is 41.5 Å². The van der Waals surface area contributed by atoms with Crippen LogP contribution in [0.15, 0.2) is 112 Å². The predicted molar refractivity (Wildman–Crippen MR) is 150 cm³/mol. The van der Waals surface area contributed by atoms with Crippen LogP contribution in [-0.4, -0.2) is 29.6 Å². The van der Waals surface area contributed by atoms with Crippen LogP contribution in [0, 0.1) is 6.92 Å². The first kappa shape index (κ1) is 25.7. The van der Waals surface area contributed by atoms with Gasteiger partial charge < -0.3 is 9.63 Å². The first-order valence-electron chi connectivity index (χ1n) is 12.9. The van der Waals surface area contributed by atoms with Gasteiger partial charge in [0.05, 0.1) is 16.0 Å². The van der Waals surface area contributed by atoms with Gasteiger partial charge in [0.1, 0.15) is 0 Å². The molecule has 3 aromatic carbocycles. The fraction of sp³-hybridized carbons (Fsp3) is 0.156. The quantitative estimate of drug-likeness (QED) is 0.243. The average molecular weight is 551 g/mol. The lowest BCUT2D eigenvalue weighted by Gasteiger charge is -2.11. The minimum atomic E-state index is -3.74. The van der Waals surface area contributed by atoms with Crippen LogP contribution < -0.4 is 0 Å². The Kier molecular flexibility index (Phi) is 6.35. The minimum absolute atomic E-state index is 0.00168. The number of carboxylic acid groups (broad SMARTS) is 1. The Morgan fingerprint density at radius 2 is 1.48 bits per heavy atom. The van der Waals surface area contributed by atoms with E-state index in [1.807, 2.05) is 55.5 Å². The van der Waals surface area contributed by atoms with Crippen LogP contribution >= 0.6 is 0 Å². The molecule has 0 spiro atoms. The molecular weight excluding hydrogens is 524 g/mol. The molecule has 5 aromatic rings. The summed E-state index contributed by atoms with van der Waals surface area (Å²) in [5.74, 6) is -0.155. The molecule has 2 heterocycles. The molecule has 0 atom stereocenters. The molecule has 1 saturated carbocycles. The Hall–Kier alpha value is -4.56. The van der Waals surface area contributed by atoms with Gasteiger partial charge >= 0.3 is 5.97 Å². The Morgan fingerprint density at radius 1 is 0.850 bits per heavy atom. The number of aryl methyl sites for hydroxylation is 1. The van der Waals surface area contributed by atoms with Crippen LogP contribution in [0.2, 0.25) is 0 Å². The number of pyridine rings is 1. The number of aromatic nitrogens is 2. The van der Waals surface area contributed by atoms with Crippen molar-refractivity contribution >= 4 is 15.8 Å². The van der Waals surface area contributed by atoms with Gasteiger partial charge in [-0.2, -0.15) is 0 Å². The summed E-state index contributed by atoms with van der Waals surface area (Å²) in [5.41, 5.74) is 5.09. The average Bonchev–Trinajstić information content (AvgIpc) is 3.73. The summed E-state index contributed by atoms with van der Waals surface area (Å²) in [6.07, 6.45) is 1.72. The highest BCUT2D eigenvalue weighted by Crippen LogP contribution is 2.48. The van der Waals surface area contributed by atoms with E-state index >= 15 is 0 Å². The Bertz CT molecular complexity index is 1810. The van der Waals surface area contributed by atoms with Gasteiger partial charge in [-0.25, -0.2) is 13.4 Å². The van der Waals surface area contributed by atoms with E-state index < -0.39 is 21.2 Å². The minimum Gasteiger partial charge on any atom is -0.481 e. The maximum atomic E-state index is 13.1. The van der Waals surface area contributed by atoms with Crippen molar-refractivity contribution in [2.24, 2.45) is 0 Å². The van der Waals surface area contributed by atoms with Crippen LogP contribution in [0.4, 0.5) is 0 Å². The normalized spacial score (nSPS) is 14.1. The molecule has 6 rings (SSSR count). The molecule has 0 aliphatic heterocycles. The van der Waals surface area contributed by atoms with Crippen molar-refractivity contribution in [3.63, 3.8) is 0 Å². The highest BCUT2D eigenvalue weighted by Gasteiger charge is 2.51. The second-order valence-corrected chi connectivity index (χ2v) is 12.0. The third-order valence-electron chi connectivity index (χ3n) is 7.53. The molecule has 7 nitrogen and oxygen atoms in total. The highest BCUT2D eigenvalue weighted by atomic mass is 32.2. The third kappa shape index (κ3) is 4.60. The third-order valence-corrected chi connectivity index (χ3v) is 9.20. The highest BCUT2D eigenvalue weighted by molar-refractivity contribution is 7.91. The summed E-state index contributed by atoms with van der Waals surface area (Å²) >= 11 is 0. The second-order valence-electron chi connectivity index (χ2n) is 10.1. The monoisotopic (exact) mass is 550 g/mol. The van der Waals surface area contributed by atoms with Crippen molar-refractivity contribution in [2.75, 3.05) is 0 Å². The van der Waals surface area contributed by atoms with E-state index in [9.17, 15) is 18.3 Å². The zero-order valence-corrected chi connectivity index (χ0v) is 22.6. The van der Waals surface area contributed by atoms with Gasteiger partial charge in [-0.05, 0) is 60.7 Å². The molecular formula is C32H26N2O5S. The number of rotatable bonds is 8. The molecule has 1 aliphatic carbocycles. The van der Waals surface area contributed by atoms with Gasteiger partial charge in [-0.1, -0.05) is 78.0 Å². The van der Waals surface area contributed by atoms with E-state index in [1.165, 1.54) is 6.07 Å². The second kappa shape index (κ2) is 9.88. The predicted octanol–water partition coefficient (Wildman–Crippen LogP) is 6.25. The fourth-order valence-electron chi connectivity index (χ4n) is 4.98. The topological polar surface area (TPSA) is 110 Å². The van der Waals surface area contributed by atoms with Crippen LogP contribution in [-0.2, 0) is 26.5 Å². The van der Waals surface area contributed by atoms with Crippen molar-refractivity contribution in [3.8, 4) is 22.5 Å². The smallest absolute Gasteiger partial charge is 0.314 e. The molecule has 0 saturated heterocycles. The SMILES string of the molecule is Cc1noc(-c2ccc(-c3ccc(C4(C(=O)O)CC4)cc3)cc2)c1Cc1cccc(S(=O)(=O)c2ccccc2)n1. The lowest BCUT2D eigenvalue weighted by molar-refractivity contribution is -0.140. The number of nitrogens with zero attached hydrogens (tertiary/aromatic N) is 2. The van der Waals surface area contributed by atoms with Crippen molar-refractivity contribution in [1.29, 1.82) is 0 Å². The maximum Gasteiger partial charge on any atom is 0.314 e. The fourth-order valence-corrected chi connectivity index (χ4v) is 6.23. The van der Waals surface area contributed by atoms with Crippen LogP contribution in [0.5, 0.6) is 0 Å². The molecule has 200 valence electrons. The van der Waals surface area contributed by atoms with E-state index in [1.54, 1.807) is 42.5 Å². The molecule has 0 amide bonds. The van der Waals surface area contributed by atoms with Gasteiger partial charge in [-0.3, -0.25) is 4.79 Å². The number of hydrogen-bond donors (Lipinski definition) is 1. The van der Waals surface area contributed by atoms with Gasteiger partial charge in [0.2, 0.25) is 9.84 Å². The zero-order chi connectivity index (χ0) is 27.9. The summed E-state index contributed by atoms with van der Waals surface area (Å²) in [7, 11) is -3.74. The van der Waals surface area contributed by atoms with Crippen molar-refractivity contribution in [1.82, 2.24) is 10.1 Å². The lowest BCUT2D eigenvalue weighted by atomic mass is 9.93. The van der Waals surface area contributed by atoms with Crippen LogP contribution in [0.1, 0.15) is 35.4 Å². The first-order chi connectivity index (χ1) is 19.3. The molecule has 1 fully saturated rings. The largest absolute Gasteiger partial charge is 0.481 e. The number of hydrogen-bond acceptors (Lipinski definition) is 6. The molecule has 0 unspecified atom stereocenters. The number of sulfone groups is 1. The van der Waals surface area contributed by atoms with Gasteiger partial charge in [0.15, 0.2) is 10.8 Å². The van der Waals surface area contributed by atoms with E-state index in [-0.39, 0.29) is 9.92 Å². The summed E-state index contributed by atoms with van der Waals surface area (Å²) in [5, 5.41) is 13.7. The van der Waals surface area contributed by atoms with Crippen LogP contribution in [0.3, 0.4) is 0 Å². The number of aliphatic carboxylic acids is 1. The Balaban J connectivity index is 1.24. The summed E-state index contributed by atoms with van der Waals surface area (Å²) in [6.45, 7) is 1.85. The van der Waals surface area contributed by atoms with Gasteiger partial charge in [-0.15, -0.1) is 0 Å². The molecule has 8 heteroatoms. The number of carbonyl (C=O) groups is 1. The standard InChI is InChI=1S/C32H26N2O5S/c1-21-28(20-26-6-5-9-29(33-26)40(37,38)27-7-3-2-4-8-27)30(39-34-21)24-12-10-22(11-13-24)23-14-16-25(17-15-23)32(18-19-32)31(35)36/h2-17H,18-20H2,1H3,(H,35,36). The summed E-state index contributed by atoms with van der Waals surface area (Å²) in [4.78, 5) is 16.3. The summed E-state index contributed by atoms with van der Waals surface area (Å²) in [6, 6.07) is 28.9. The molecule has 40 heavy (non-hydrogen) atoms. The Labute approximate surface area is 232 Å². The molecule has 2 aromatic heterocycles. The number of carboxylic acids is 1. The first-order valence-corrected chi connectivity index (χ1v) is 14.4. The summed E-state index contributed by atoms with van der Waals surface area (Å²) < 4.78 is 31.8. The maximum absolute atomic E-state index is 13.1. The Morgan fingerprint density at radius 3 is 2.10 bits per heavy atom. The zero-order valence-electron chi connectivity index (χ0n) is 21.7. The van der Waals surface area contributed by atoms with E-state index in [2.05, 4.69) is 10.1 Å². The molecule has 0 radical (unpaired) electrons. The molecule has 0 bridgehead atoms. The van der Waals surface area contributed by atoms with E-state index in [4.69, 9.17) is 4.52 Å². The van der Waals surface area contributed by atoms with Crippen LogP contribution in [0.25, 0.3) is 22.5 Å². The number of benzene rings is 3. The van der Waals surface area contributed by atoms with E-state index in [0.717, 1.165) is 27.8 Å². The van der Waals surface area contributed by atoms with Gasteiger partial charge in [0.25, 0.3) is 0 Å². The van der Waals surface area contributed by atoms with E-state index in [0.29, 0.717) is 36.4 Å². The molecule has 1 N–H and O–H groups in total. The lowest BCUT2D eigenvalue weighted by Crippen LogP contribution is -2.19. The van der Waals surface area contributed by atoms with Gasteiger partial charge in [0, 0.05) is 23.2 Å². The van der Waals surface area contributed by atoms with Crippen molar-refractivity contribution < 1.29 is 22.8 Å².